The van der Waals surface area contributed by atoms with Crippen molar-refractivity contribution >= 4 is 95.5 Å². The first kappa shape index (κ1) is 46.4. The van der Waals surface area contributed by atoms with Crippen LogP contribution in [0.4, 0.5) is 0 Å². The molecule has 2 aliphatic rings. The first-order valence-corrected chi connectivity index (χ1v) is 18.7. The molecule has 0 bridgehead atoms. The smallest absolute Gasteiger partial charge is 0.547 e. The van der Waals surface area contributed by atoms with Gasteiger partial charge in [-0.15, -0.1) is 13.2 Å². The van der Waals surface area contributed by atoms with Crippen molar-refractivity contribution < 1.29 is 59.9 Å². The maximum Gasteiger partial charge on any atom is 2.00 e. The second kappa shape index (κ2) is 19.7. The van der Waals surface area contributed by atoms with Gasteiger partial charge in [0.1, 0.15) is 48.8 Å². The molecule has 6 rings (SSSR count). The van der Waals surface area contributed by atoms with Gasteiger partial charge in [0.25, 0.3) is 11.1 Å². The first-order chi connectivity index (χ1) is 26.4. The van der Waals surface area contributed by atoms with E-state index in [9.17, 15) is 60.0 Å². The largest absolute Gasteiger partial charge is 2.00 e. The first-order valence-electron chi connectivity index (χ1n) is 16.7. The van der Waals surface area contributed by atoms with Gasteiger partial charge in [0, 0.05) is 11.5 Å². The van der Waals surface area contributed by atoms with Crippen molar-refractivity contribution in [2.24, 2.45) is 0 Å². The van der Waals surface area contributed by atoms with Crippen molar-refractivity contribution in [3.05, 3.63) is 57.7 Å². The van der Waals surface area contributed by atoms with Crippen LogP contribution in [-0.4, -0.2) is 180 Å². The van der Waals surface area contributed by atoms with Crippen molar-refractivity contribution in [2.45, 2.75) is 98.3 Å². The summed E-state index contributed by atoms with van der Waals surface area (Å²) in [5.41, 5.74) is 1.10. The number of aromatic nitrogens is 8. The molecule has 0 spiro atoms. The number of nitrogens with one attached hydrogen (secondary N) is 2. The van der Waals surface area contributed by atoms with Crippen LogP contribution in [-0.2, 0) is 19.1 Å². The van der Waals surface area contributed by atoms with Crippen LogP contribution in [0.5, 0.6) is 0 Å². The number of imidazole rings is 2. The van der Waals surface area contributed by atoms with Gasteiger partial charge in [-0.2, -0.15) is 0 Å². The monoisotopic (exact) mass is 862 g/mol. The number of nitrogens with zero attached hydrogens (tertiary/aromatic N) is 6. The number of carboxylic acid groups (broad SMARTS) is 2. The van der Waals surface area contributed by atoms with E-state index in [2.05, 4.69) is 43.1 Å². The number of fused-ring (bicyclic) bond motifs is 2. The van der Waals surface area contributed by atoms with Gasteiger partial charge in [-0.3, -0.25) is 28.7 Å². The zero-order valence-electron chi connectivity index (χ0n) is 30.3. The summed E-state index contributed by atoms with van der Waals surface area (Å²) in [7, 11) is 0. The molecule has 25 heteroatoms. The minimum absolute atomic E-state index is 0. The number of aromatic amines is 2. The van der Waals surface area contributed by atoms with Crippen molar-refractivity contribution in [3.8, 4) is 0 Å². The standard InChI is InChI=1S/2C16H20N4O7S.Ca/c2*1-6(2)3-4-28-16-18-12-7(13(24)19-16)17-5-20(12)14-9(22)8(21)11(27-14)10(23)15(25)26;/h2*5,8-11,14,21-23H,1,3-4H2,2H3,(H,25,26)(H,18,19,24);/q;;+2/p-2/t2*8-,9+,10?,11-,14+;/m00./s1. The van der Waals surface area contributed by atoms with Gasteiger partial charge in [-0.05, 0) is 26.7 Å². The summed E-state index contributed by atoms with van der Waals surface area (Å²) in [6, 6.07) is 0. The van der Waals surface area contributed by atoms with Gasteiger partial charge in [-0.1, -0.05) is 34.7 Å². The summed E-state index contributed by atoms with van der Waals surface area (Å²) in [6.07, 6.45) is -12.9. The Morgan fingerprint density at radius 3 is 1.42 bits per heavy atom. The van der Waals surface area contributed by atoms with Crippen molar-refractivity contribution in [2.75, 3.05) is 11.5 Å². The fraction of sp³-hybridized carbons (Fsp3) is 0.500. The number of aliphatic hydroxyl groups excluding tert-OH is 6. The summed E-state index contributed by atoms with van der Waals surface area (Å²) in [6.45, 7) is 11.4. The molecule has 8 N–H and O–H groups in total. The van der Waals surface area contributed by atoms with E-state index >= 15 is 0 Å². The maximum atomic E-state index is 12.3. The number of carboxylic acids is 2. The Morgan fingerprint density at radius 2 is 1.11 bits per heavy atom. The number of carbonyl (C=O) groups excluding carboxylic acids is 2. The average Bonchev–Trinajstić information content (AvgIpc) is 3.89. The van der Waals surface area contributed by atoms with E-state index in [1.165, 1.54) is 45.3 Å². The Morgan fingerprint density at radius 1 is 0.754 bits per heavy atom. The summed E-state index contributed by atoms with van der Waals surface area (Å²) in [5, 5.41) is 82.2. The second-order valence-corrected chi connectivity index (χ2v) is 15.1. The fourth-order valence-electron chi connectivity index (χ4n) is 5.59. The molecule has 6 heterocycles. The average molecular weight is 863 g/mol. The molecule has 2 fully saturated rings. The van der Waals surface area contributed by atoms with Crippen molar-refractivity contribution in [1.29, 1.82) is 0 Å². The topological polar surface area (TPSA) is 347 Å². The molecular formula is C32H38CaN8O14S2. The fourth-order valence-corrected chi connectivity index (χ4v) is 7.51. The summed E-state index contributed by atoms with van der Waals surface area (Å²) in [4.78, 5) is 68.0. The number of hydrogen-bond acceptors (Lipinski definition) is 20. The van der Waals surface area contributed by atoms with Gasteiger partial charge >= 0.3 is 37.7 Å². The van der Waals surface area contributed by atoms with E-state index < -0.39 is 84.3 Å². The maximum absolute atomic E-state index is 12.3. The van der Waals surface area contributed by atoms with Crippen LogP contribution in [0.15, 0.2) is 56.9 Å². The van der Waals surface area contributed by atoms with Gasteiger partial charge in [0.05, 0.1) is 24.6 Å². The van der Waals surface area contributed by atoms with E-state index in [-0.39, 0.29) is 60.1 Å². The predicted octanol–water partition coefficient (Wildman–Crippen LogP) is -4.56. The molecule has 4 aromatic rings. The van der Waals surface area contributed by atoms with E-state index in [1.807, 2.05) is 13.8 Å². The minimum Gasteiger partial charge on any atom is -0.547 e. The van der Waals surface area contributed by atoms with Gasteiger partial charge in [-0.25, -0.2) is 19.9 Å². The number of aliphatic carboxylic acids is 2. The zero-order chi connectivity index (χ0) is 41.2. The SMILES string of the molecule is C=C(C)CCSc1nc2c(ncn2[C@@H]2O[C@H](C(O)C(=O)[O-])[C@@H](O)[C@H]2O)c(=O)[nH]1.C=C(C)CCSc1nc2c(ncn2[C@@H]2O[C@H](C(O)C(=O)[O-])[C@@H](O)[C@H]2O)c(=O)[nH]1.[Ca+2]. The Bertz CT molecular complexity index is 2080. The van der Waals surface area contributed by atoms with E-state index in [1.54, 1.807) is 0 Å². The van der Waals surface area contributed by atoms with Crippen LogP contribution < -0.4 is 21.3 Å². The molecule has 2 aliphatic heterocycles. The molecule has 0 aromatic carbocycles. The molecule has 10 atom stereocenters. The molecule has 0 radical (unpaired) electrons. The molecule has 0 aliphatic carbocycles. The van der Waals surface area contributed by atoms with E-state index in [0.29, 0.717) is 21.8 Å². The van der Waals surface area contributed by atoms with E-state index in [4.69, 9.17) is 9.47 Å². The molecule has 304 valence electrons. The molecule has 2 unspecified atom stereocenters. The Hall–Kier alpha value is -3.24. The van der Waals surface area contributed by atoms with Crippen LogP contribution in [0.25, 0.3) is 22.3 Å². The molecule has 0 amide bonds. The number of carbonyl (C=O) groups is 2. The van der Waals surface area contributed by atoms with Crippen molar-refractivity contribution in [1.82, 2.24) is 39.0 Å². The van der Waals surface area contributed by atoms with Crippen LogP contribution in [0.1, 0.15) is 39.1 Å². The van der Waals surface area contributed by atoms with Crippen LogP contribution in [0.3, 0.4) is 0 Å². The molecular weight excluding hydrogens is 825 g/mol. The minimum atomic E-state index is -2.14. The Labute approximate surface area is 359 Å². The number of rotatable bonds is 14. The number of thioether (sulfide) groups is 2. The predicted molar refractivity (Wildman–Crippen MR) is 196 cm³/mol. The Kier molecular flexibility index (Phi) is 16.0. The second-order valence-electron chi connectivity index (χ2n) is 13.0. The van der Waals surface area contributed by atoms with Crippen LogP contribution in [0.2, 0.25) is 0 Å². The molecule has 2 saturated heterocycles. The zero-order valence-corrected chi connectivity index (χ0v) is 34.2. The summed E-state index contributed by atoms with van der Waals surface area (Å²) < 4.78 is 13.1. The molecule has 57 heavy (non-hydrogen) atoms. The third-order valence-corrected chi connectivity index (χ3v) is 10.3. The van der Waals surface area contributed by atoms with Gasteiger partial charge in [0.15, 0.2) is 45.1 Å². The third-order valence-electron chi connectivity index (χ3n) is 8.56. The normalized spacial score (nSPS) is 25.4. The van der Waals surface area contributed by atoms with Gasteiger partial charge < -0.3 is 59.9 Å². The number of aliphatic hydroxyl groups is 6. The molecule has 4 aromatic heterocycles. The number of ether oxygens (including phenoxy) is 2. The third kappa shape index (κ3) is 10.3. The molecule has 0 saturated carbocycles. The van der Waals surface area contributed by atoms with Crippen molar-refractivity contribution in [3.63, 3.8) is 0 Å². The van der Waals surface area contributed by atoms with Crippen LogP contribution in [0, 0.1) is 0 Å². The summed E-state index contributed by atoms with van der Waals surface area (Å²) >= 11 is 2.59. The van der Waals surface area contributed by atoms with Gasteiger partial charge in [0.2, 0.25) is 0 Å². The molecule has 22 nitrogen and oxygen atoms in total. The Balaban J connectivity index is 0.000000248. The number of allylic oxidation sites excluding steroid dienone is 2. The van der Waals surface area contributed by atoms with Crippen LogP contribution >= 0.6 is 23.5 Å². The van der Waals surface area contributed by atoms with E-state index in [0.717, 1.165) is 24.0 Å². The number of H-pyrrole nitrogens is 2. The number of hydrogen-bond donors (Lipinski definition) is 8. The summed E-state index contributed by atoms with van der Waals surface area (Å²) in [5.74, 6) is -2.42. The quantitative estimate of drug-likeness (QED) is 0.0256.